The standard InChI is InChI=1S/C15H28N2O4S/c1-2-3-4-5-6-7-8-16-15(22)17-10-9-21-14(17)13(20)12(19)11(10)18/h10-14,18-20H,2-9H2,1H3,(H,16,22)/t10-,11+,12-,13+,14-/m0/s1. The molecule has 2 heterocycles. The molecule has 0 spiro atoms. The molecule has 0 aromatic heterocycles. The maximum Gasteiger partial charge on any atom is 0.171 e. The Labute approximate surface area is 137 Å². The SMILES string of the molecule is CCCCCCCCNC(=S)N1[C@H]2CO[C@H]1[C@H](O)[C@@H](O)[C@@H]2O. The zero-order valence-electron chi connectivity index (χ0n) is 13.1. The second-order valence-electron chi connectivity index (χ2n) is 6.17. The lowest BCUT2D eigenvalue weighted by atomic mass is 9.95. The predicted octanol–water partition coefficient (Wildman–Crippen LogP) is 0.345. The van der Waals surface area contributed by atoms with E-state index >= 15 is 0 Å². The van der Waals surface area contributed by atoms with E-state index in [1.54, 1.807) is 4.90 Å². The molecular weight excluding hydrogens is 304 g/mol. The van der Waals surface area contributed by atoms with Crippen LogP contribution < -0.4 is 5.32 Å². The molecule has 2 fully saturated rings. The Kier molecular flexibility index (Phi) is 6.83. The maximum absolute atomic E-state index is 10.0. The van der Waals surface area contributed by atoms with Crippen molar-refractivity contribution in [3.8, 4) is 0 Å². The van der Waals surface area contributed by atoms with Crippen molar-refractivity contribution in [2.75, 3.05) is 13.2 Å². The topological polar surface area (TPSA) is 85.2 Å². The summed E-state index contributed by atoms with van der Waals surface area (Å²) in [6, 6.07) is -0.395. The van der Waals surface area contributed by atoms with Crippen molar-refractivity contribution in [1.82, 2.24) is 10.2 Å². The molecule has 0 amide bonds. The lowest BCUT2D eigenvalue weighted by Gasteiger charge is -2.42. The highest BCUT2D eigenvalue weighted by Crippen LogP contribution is 2.31. The number of thiocarbonyl (C=S) groups is 1. The van der Waals surface area contributed by atoms with Crippen LogP contribution >= 0.6 is 12.2 Å². The number of hydrogen-bond donors (Lipinski definition) is 4. The smallest absolute Gasteiger partial charge is 0.171 e. The number of nitrogens with one attached hydrogen (secondary N) is 1. The van der Waals surface area contributed by atoms with Gasteiger partial charge >= 0.3 is 0 Å². The van der Waals surface area contributed by atoms with E-state index < -0.39 is 30.6 Å². The number of aliphatic hydroxyl groups excluding tert-OH is 3. The van der Waals surface area contributed by atoms with Crippen molar-refractivity contribution in [3.63, 3.8) is 0 Å². The number of unbranched alkanes of at least 4 members (excludes halogenated alkanes) is 5. The maximum atomic E-state index is 10.0. The quantitative estimate of drug-likeness (QED) is 0.395. The summed E-state index contributed by atoms with van der Waals surface area (Å²) in [7, 11) is 0. The summed E-state index contributed by atoms with van der Waals surface area (Å²) in [5, 5.41) is 33.4. The van der Waals surface area contributed by atoms with Crippen molar-refractivity contribution in [3.05, 3.63) is 0 Å². The van der Waals surface area contributed by atoms with Gasteiger partial charge in [0.25, 0.3) is 0 Å². The normalized spacial score (nSPS) is 34.0. The highest BCUT2D eigenvalue weighted by Gasteiger charge is 2.53. The van der Waals surface area contributed by atoms with Gasteiger partial charge in [0.15, 0.2) is 11.3 Å². The third-order valence-electron chi connectivity index (χ3n) is 4.50. The van der Waals surface area contributed by atoms with Crippen LogP contribution in [0.5, 0.6) is 0 Å². The van der Waals surface area contributed by atoms with Gasteiger partial charge in [0, 0.05) is 6.54 Å². The van der Waals surface area contributed by atoms with Gasteiger partial charge in [0.05, 0.1) is 12.6 Å². The summed E-state index contributed by atoms with van der Waals surface area (Å²) in [5.41, 5.74) is 0. The van der Waals surface area contributed by atoms with E-state index in [0.717, 1.165) is 13.0 Å². The average molecular weight is 332 g/mol. The number of hydrogen-bond acceptors (Lipinski definition) is 5. The van der Waals surface area contributed by atoms with E-state index in [-0.39, 0.29) is 6.61 Å². The van der Waals surface area contributed by atoms with Crippen LogP contribution in [-0.2, 0) is 4.74 Å². The predicted molar refractivity (Wildman–Crippen MR) is 87.4 cm³/mol. The minimum atomic E-state index is -1.19. The first-order valence-electron chi connectivity index (χ1n) is 8.30. The number of nitrogens with zero attached hydrogens (tertiary/aromatic N) is 1. The van der Waals surface area contributed by atoms with E-state index in [1.165, 1.54) is 32.1 Å². The first-order valence-corrected chi connectivity index (χ1v) is 8.70. The van der Waals surface area contributed by atoms with Crippen LogP contribution in [0.25, 0.3) is 0 Å². The van der Waals surface area contributed by atoms with E-state index in [2.05, 4.69) is 12.2 Å². The van der Waals surface area contributed by atoms with Gasteiger partial charge in [-0.2, -0.15) is 0 Å². The Morgan fingerprint density at radius 3 is 2.50 bits per heavy atom. The molecule has 7 heteroatoms. The van der Waals surface area contributed by atoms with E-state index in [4.69, 9.17) is 17.0 Å². The molecule has 2 rings (SSSR count). The van der Waals surface area contributed by atoms with E-state index in [9.17, 15) is 15.3 Å². The summed E-state index contributed by atoms with van der Waals surface area (Å²) in [5.74, 6) is 0. The number of ether oxygens (including phenoxy) is 1. The zero-order valence-corrected chi connectivity index (χ0v) is 14.0. The van der Waals surface area contributed by atoms with Gasteiger partial charge in [-0.3, -0.25) is 0 Å². The fraction of sp³-hybridized carbons (Fsp3) is 0.933. The molecule has 2 aliphatic rings. The van der Waals surface area contributed by atoms with Gasteiger partial charge in [-0.15, -0.1) is 0 Å². The molecule has 22 heavy (non-hydrogen) atoms. The Balaban J connectivity index is 1.74. The highest BCUT2D eigenvalue weighted by molar-refractivity contribution is 7.80. The minimum Gasteiger partial charge on any atom is -0.388 e. The molecule has 6 nitrogen and oxygen atoms in total. The van der Waals surface area contributed by atoms with Crippen LogP contribution in [-0.4, -0.2) is 69.1 Å². The molecule has 0 saturated carbocycles. The fourth-order valence-electron chi connectivity index (χ4n) is 3.13. The highest BCUT2D eigenvalue weighted by atomic mass is 32.1. The Morgan fingerprint density at radius 2 is 1.77 bits per heavy atom. The second kappa shape index (κ2) is 8.40. The average Bonchev–Trinajstić information content (AvgIpc) is 2.92. The van der Waals surface area contributed by atoms with Gasteiger partial charge in [0.1, 0.15) is 18.3 Å². The van der Waals surface area contributed by atoms with E-state index in [1.807, 2.05) is 0 Å². The van der Waals surface area contributed by atoms with Crippen molar-refractivity contribution in [1.29, 1.82) is 0 Å². The summed E-state index contributed by atoms with van der Waals surface area (Å²) in [6.45, 7) is 3.24. The van der Waals surface area contributed by atoms with Crippen LogP contribution in [0, 0.1) is 0 Å². The Hall–Kier alpha value is -0.470. The fourth-order valence-corrected chi connectivity index (χ4v) is 3.47. The van der Waals surface area contributed by atoms with Crippen molar-refractivity contribution >= 4 is 17.3 Å². The molecule has 2 saturated heterocycles. The minimum absolute atomic E-state index is 0.263. The summed E-state index contributed by atoms with van der Waals surface area (Å²) in [4.78, 5) is 1.69. The van der Waals surface area contributed by atoms with Gasteiger partial charge in [0.2, 0.25) is 0 Å². The van der Waals surface area contributed by atoms with Crippen LogP contribution in [0.3, 0.4) is 0 Å². The largest absolute Gasteiger partial charge is 0.388 e. The van der Waals surface area contributed by atoms with E-state index in [0.29, 0.717) is 5.11 Å². The van der Waals surface area contributed by atoms with Crippen molar-refractivity contribution < 1.29 is 20.1 Å². The van der Waals surface area contributed by atoms with Crippen LogP contribution in [0.1, 0.15) is 45.4 Å². The molecule has 0 aromatic rings. The molecular formula is C15H28N2O4S. The number of rotatable bonds is 7. The van der Waals surface area contributed by atoms with Crippen LogP contribution in [0.2, 0.25) is 0 Å². The van der Waals surface area contributed by atoms with Crippen LogP contribution in [0.4, 0.5) is 0 Å². The summed E-state index contributed by atoms with van der Waals surface area (Å²) >= 11 is 5.36. The third kappa shape index (κ3) is 3.89. The lowest BCUT2D eigenvalue weighted by Crippen LogP contribution is -2.65. The second-order valence-corrected chi connectivity index (χ2v) is 6.56. The summed E-state index contributed by atoms with van der Waals surface area (Å²) in [6.07, 6.45) is 3.21. The molecule has 0 aromatic carbocycles. The van der Waals surface area contributed by atoms with Gasteiger partial charge in [-0.1, -0.05) is 39.0 Å². The molecule has 0 radical (unpaired) electrons. The Bertz CT molecular complexity index is 353. The zero-order chi connectivity index (χ0) is 16.1. The van der Waals surface area contributed by atoms with Gasteiger partial charge in [-0.05, 0) is 18.6 Å². The third-order valence-corrected chi connectivity index (χ3v) is 4.85. The monoisotopic (exact) mass is 332 g/mol. The first kappa shape index (κ1) is 17.9. The molecule has 128 valence electrons. The molecule has 2 bridgehead atoms. The number of aliphatic hydroxyl groups is 3. The molecule has 2 aliphatic heterocycles. The molecule has 4 N–H and O–H groups in total. The number of piperidine rings is 1. The van der Waals surface area contributed by atoms with Crippen molar-refractivity contribution in [2.24, 2.45) is 0 Å². The van der Waals surface area contributed by atoms with Crippen LogP contribution in [0.15, 0.2) is 0 Å². The molecule has 0 unspecified atom stereocenters. The lowest BCUT2D eigenvalue weighted by molar-refractivity contribution is -0.154. The van der Waals surface area contributed by atoms with Gasteiger partial charge < -0.3 is 30.3 Å². The van der Waals surface area contributed by atoms with Gasteiger partial charge in [-0.25, -0.2) is 0 Å². The summed E-state index contributed by atoms with van der Waals surface area (Å²) < 4.78 is 5.46. The first-order chi connectivity index (χ1) is 10.6. The molecule has 5 atom stereocenters. The van der Waals surface area contributed by atoms with Crippen molar-refractivity contribution in [2.45, 2.75) is 76.0 Å². The molecule has 0 aliphatic carbocycles. The Morgan fingerprint density at radius 1 is 1.09 bits per heavy atom. The number of fused-ring (bicyclic) bond motifs is 2.